The topological polar surface area (TPSA) is 80.9 Å². The highest BCUT2D eigenvalue weighted by atomic mass is 16.4. The van der Waals surface area contributed by atoms with Crippen molar-refractivity contribution < 1.29 is 9.90 Å². The fourth-order valence-corrected chi connectivity index (χ4v) is 5.92. The molecule has 0 unspecified atom stereocenters. The number of hydrogen-bond donors (Lipinski definition) is 1. The summed E-state index contributed by atoms with van der Waals surface area (Å²) in [5.74, 6) is -0.964. The molecule has 3 heterocycles. The molecule has 45 heavy (non-hydrogen) atoms. The summed E-state index contributed by atoms with van der Waals surface area (Å²) < 4.78 is 2.06. The molecule has 0 atom stereocenters. The molecule has 0 aliphatic carbocycles. The van der Waals surface area contributed by atoms with E-state index in [1.807, 2.05) is 48.5 Å². The van der Waals surface area contributed by atoms with Crippen LogP contribution in [0, 0.1) is 0 Å². The molecule has 0 aliphatic rings. The van der Waals surface area contributed by atoms with Gasteiger partial charge in [0, 0.05) is 29.7 Å². The van der Waals surface area contributed by atoms with Crippen LogP contribution in [0.25, 0.3) is 33.8 Å². The Balaban J connectivity index is 1.49. The van der Waals surface area contributed by atoms with Crippen molar-refractivity contribution in [1.82, 2.24) is 19.7 Å². The number of carbonyl (C=O) groups is 1. The third-order valence-corrected chi connectivity index (χ3v) is 8.04. The van der Waals surface area contributed by atoms with Gasteiger partial charge < -0.3 is 5.11 Å². The highest BCUT2D eigenvalue weighted by Crippen LogP contribution is 2.43. The fraction of sp³-hybridized carbons (Fsp3) is 0.0256. The number of benzene rings is 4. The van der Waals surface area contributed by atoms with Gasteiger partial charge in [-0.25, -0.2) is 4.79 Å². The van der Waals surface area contributed by atoms with Crippen molar-refractivity contribution in [2.24, 2.45) is 0 Å². The van der Waals surface area contributed by atoms with E-state index in [1.165, 1.54) is 0 Å². The van der Waals surface area contributed by atoms with E-state index in [-0.39, 0.29) is 5.56 Å². The molecular formula is C39H28N4O2. The lowest BCUT2D eigenvalue weighted by atomic mass is 9.77. The smallest absolute Gasteiger partial charge is 0.335 e. The molecule has 0 saturated heterocycles. The van der Waals surface area contributed by atoms with Crippen LogP contribution in [-0.2, 0) is 5.54 Å². The molecule has 0 fully saturated rings. The number of nitrogens with zero attached hydrogens (tertiary/aromatic N) is 4. The van der Waals surface area contributed by atoms with Crippen LogP contribution in [0.1, 0.15) is 27.0 Å². The Hall–Kier alpha value is -6.14. The third kappa shape index (κ3) is 5.08. The largest absolute Gasteiger partial charge is 0.478 e. The SMILES string of the molecule is O=C(O)c1ccc(-c2cc(-c3cn(C(c4ccccc4)(c4ccccc4)c4ccccc4)nc3-c3ccccn3)ccn2)cc1. The second-order valence-electron chi connectivity index (χ2n) is 10.7. The van der Waals surface area contributed by atoms with Crippen LogP contribution in [0.2, 0.25) is 0 Å². The summed E-state index contributed by atoms with van der Waals surface area (Å²) in [6.45, 7) is 0. The van der Waals surface area contributed by atoms with Crippen LogP contribution in [0.5, 0.6) is 0 Å². The summed E-state index contributed by atoms with van der Waals surface area (Å²) in [5, 5.41) is 14.7. The third-order valence-electron chi connectivity index (χ3n) is 8.04. The summed E-state index contributed by atoms with van der Waals surface area (Å²) in [5.41, 5.74) is 7.48. The second kappa shape index (κ2) is 11.9. The molecule has 3 aromatic heterocycles. The predicted molar refractivity (Wildman–Crippen MR) is 176 cm³/mol. The molecule has 7 rings (SSSR count). The van der Waals surface area contributed by atoms with Crippen molar-refractivity contribution in [3.05, 3.63) is 186 Å². The maximum atomic E-state index is 11.4. The van der Waals surface area contributed by atoms with Crippen LogP contribution in [0.15, 0.2) is 164 Å². The molecule has 7 aromatic rings. The van der Waals surface area contributed by atoms with Crippen LogP contribution in [0.3, 0.4) is 0 Å². The average Bonchev–Trinajstić information content (AvgIpc) is 3.56. The maximum absolute atomic E-state index is 11.4. The van der Waals surface area contributed by atoms with Gasteiger partial charge in [-0.15, -0.1) is 0 Å². The summed E-state index contributed by atoms with van der Waals surface area (Å²) in [6.07, 6.45) is 5.65. The number of aromatic carboxylic acids is 1. The zero-order valence-corrected chi connectivity index (χ0v) is 24.2. The quantitative estimate of drug-likeness (QED) is 0.182. The predicted octanol–water partition coefficient (Wildman–Crippen LogP) is 8.21. The standard InChI is InChI=1S/C39H28N4O2/c44-38(45)29-21-19-28(20-22-29)36-26-30(23-25-41-36)34-27-43(42-37(34)35-18-10-11-24-40-35)39(31-12-4-1-5-13-31,32-14-6-2-7-15-32)33-16-8-3-9-17-33/h1-27H,(H,44,45). The first-order valence-electron chi connectivity index (χ1n) is 14.6. The Bertz CT molecular complexity index is 1960. The molecule has 1 N–H and O–H groups in total. The zero-order valence-electron chi connectivity index (χ0n) is 24.2. The van der Waals surface area contributed by atoms with Crippen molar-refractivity contribution in [3.8, 4) is 33.8 Å². The summed E-state index contributed by atoms with van der Waals surface area (Å²) in [7, 11) is 0. The van der Waals surface area contributed by atoms with Gasteiger partial charge in [-0.05, 0) is 58.7 Å². The Morgan fingerprint density at radius 2 is 1.13 bits per heavy atom. The molecule has 0 aliphatic heterocycles. The number of carboxylic acids is 1. The monoisotopic (exact) mass is 584 g/mol. The molecule has 6 nitrogen and oxygen atoms in total. The van der Waals surface area contributed by atoms with E-state index in [1.54, 1.807) is 36.7 Å². The minimum atomic E-state index is -0.964. The van der Waals surface area contributed by atoms with E-state index in [2.05, 4.69) is 88.7 Å². The molecule has 0 radical (unpaired) electrons. The van der Waals surface area contributed by atoms with Gasteiger partial charge in [0.05, 0.1) is 17.0 Å². The summed E-state index contributed by atoms with van der Waals surface area (Å²) in [4.78, 5) is 20.7. The Morgan fingerprint density at radius 1 is 0.578 bits per heavy atom. The number of pyridine rings is 2. The van der Waals surface area contributed by atoms with Gasteiger partial charge in [-0.1, -0.05) is 109 Å². The van der Waals surface area contributed by atoms with Crippen molar-refractivity contribution in [2.45, 2.75) is 5.54 Å². The minimum absolute atomic E-state index is 0.229. The fourth-order valence-electron chi connectivity index (χ4n) is 5.92. The number of aromatic nitrogens is 4. The van der Waals surface area contributed by atoms with E-state index < -0.39 is 11.5 Å². The van der Waals surface area contributed by atoms with Crippen molar-refractivity contribution >= 4 is 5.97 Å². The second-order valence-corrected chi connectivity index (χ2v) is 10.7. The molecular weight excluding hydrogens is 556 g/mol. The van der Waals surface area contributed by atoms with E-state index >= 15 is 0 Å². The lowest BCUT2D eigenvalue weighted by molar-refractivity contribution is 0.0697. The first-order valence-corrected chi connectivity index (χ1v) is 14.6. The van der Waals surface area contributed by atoms with Gasteiger partial charge in [0.1, 0.15) is 11.2 Å². The molecule has 0 spiro atoms. The molecule has 6 heteroatoms. The van der Waals surface area contributed by atoms with E-state index in [9.17, 15) is 9.90 Å². The van der Waals surface area contributed by atoms with E-state index in [0.29, 0.717) is 0 Å². The van der Waals surface area contributed by atoms with Gasteiger partial charge in [0.25, 0.3) is 0 Å². The summed E-state index contributed by atoms with van der Waals surface area (Å²) in [6, 6.07) is 47.9. The normalized spacial score (nSPS) is 11.3. The van der Waals surface area contributed by atoms with Crippen molar-refractivity contribution in [2.75, 3.05) is 0 Å². The summed E-state index contributed by atoms with van der Waals surface area (Å²) >= 11 is 0. The first-order chi connectivity index (χ1) is 22.1. The zero-order chi connectivity index (χ0) is 30.6. The molecule has 0 bridgehead atoms. The van der Waals surface area contributed by atoms with E-state index in [4.69, 9.17) is 10.1 Å². The highest BCUT2D eigenvalue weighted by Gasteiger charge is 2.40. The lowest BCUT2D eigenvalue weighted by Crippen LogP contribution is -2.38. The molecule has 216 valence electrons. The molecule has 0 saturated carbocycles. The van der Waals surface area contributed by atoms with Crippen LogP contribution in [-0.4, -0.2) is 30.8 Å². The van der Waals surface area contributed by atoms with Gasteiger partial charge in [0.15, 0.2) is 0 Å². The van der Waals surface area contributed by atoms with Gasteiger partial charge in [-0.3, -0.25) is 14.6 Å². The Labute approximate surface area is 261 Å². The van der Waals surface area contributed by atoms with Crippen LogP contribution < -0.4 is 0 Å². The lowest BCUT2D eigenvalue weighted by Gasteiger charge is -2.36. The number of hydrogen-bond acceptors (Lipinski definition) is 4. The molecule has 0 amide bonds. The van der Waals surface area contributed by atoms with Gasteiger partial charge in [-0.2, -0.15) is 5.10 Å². The Kier molecular flexibility index (Phi) is 7.29. The van der Waals surface area contributed by atoms with E-state index in [0.717, 1.165) is 50.5 Å². The highest BCUT2D eigenvalue weighted by molar-refractivity contribution is 5.88. The van der Waals surface area contributed by atoms with Crippen molar-refractivity contribution in [3.63, 3.8) is 0 Å². The first kappa shape index (κ1) is 27.7. The number of rotatable bonds is 8. The maximum Gasteiger partial charge on any atom is 0.335 e. The van der Waals surface area contributed by atoms with Crippen molar-refractivity contribution in [1.29, 1.82) is 0 Å². The van der Waals surface area contributed by atoms with Crippen LogP contribution in [0.4, 0.5) is 0 Å². The van der Waals surface area contributed by atoms with Gasteiger partial charge >= 0.3 is 5.97 Å². The molecule has 4 aromatic carbocycles. The minimum Gasteiger partial charge on any atom is -0.478 e. The van der Waals surface area contributed by atoms with Gasteiger partial charge in [0.2, 0.25) is 0 Å². The van der Waals surface area contributed by atoms with Crippen LogP contribution >= 0.6 is 0 Å². The number of carboxylic acid groups (broad SMARTS) is 1. The average molecular weight is 585 g/mol. The Morgan fingerprint density at radius 3 is 1.67 bits per heavy atom.